The molecule has 0 spiro atoms. The smallest absolute Gasteiger partial charge is 0.340 e. The quantitative estimate of drug-likeness (QED) is 0.878. The average Bonchev–Trinajstić information content (AvgIpc) is 3.01. The molecule has 0 aliphatic rings. The summed E-state index contributed by atoms with van der Waals surface area (Å²) < 4.78 is 9.31. The summed E-state index contributed by atoms with van der Waals surface area (Å²) in [5.41, 5.74) is 0.450. The van der Waals surface area contributed by atoms with Crippen LogP contribution < -0.4 is 4.90 Å². The molecule has 1 amide bonds. The van der Waals surface area contributed by atoms with Gasteiger partial charge in [0.15, 0.2) is 0 Å². The fourth-order valence-corrected chi connectivity index (χ4v) is 2.59. The molecule has 0 radical (unpaired) electrons. The number of carboxylic acids is 1. The summed E-state index contributed by atoms with van der Waals surface area (Å²) in [6.45, 7) is 3.41. The maximum absolute atomic E-state index is 12.1. The first-order chi connectivity index (χ1) is 9.90. The van der Waals surface area contributed by atoms with Gasteiger partial charge in [-0.3, -0.25) is 4.79 Å². The van der Waals surface area contributed by atoms with Crippen molar-refractivity contribution in [2.75, 3.05) is 11.9 Å². The van der Waals surface area contributed by atoms with Crippen molar-refractivity contribution in [3.63, 3.8) is 0 Å². The molecule has 0 saturated carbocycles. The lowest BCUT2D eigenvalue weighted by Crippen LogP contribution is -2.24. The van der Waals surface area contributed by atoms with Crippen LogP contribution in [0.5, 0.6) is 0 Å². The highest BCUT2D eigenvalue weighted by atomic mass is 32.1. The molecule has 7 heteroatoms. The van der Waals surface area contributed by atoms with Crippen molar-refractivity contribution in [3.8, 4) is 0 Å². The highest BCUT2D eigenvalue weighted by Crippen LogP contribution is 2.28. The number of aromatic carboxylic acids is 1. The minimum atomic E-state index is -1.10. The summed E-state index contributed by atoms with van der Waals surface area (Å²) in [6.07, 6.45) is 2.87. The molecule has 6 nitrogen and oxygen atoms in total. The lowest BCUT2D eigenvalue weighted by atomic mass is 10.2. The molecule has 0 unspecified atom stereocenters. The van der Waals surface area contributed by atoms with Crippen molar-refractivity contribution >= 4 is 34.5 Å². The minimum Gasteiger partial charge on any atom is -0.478 e. The van der Waals surface area contributed by atoms with Gasteiger partial charge >= 0.3 is 5.97 Å². The van der Waals surface area contributed by atoms with Crippen molar-refractivity contribution in [1.29, 1.82) is 0 Å². The molecular formula is C14H14N2O4S. The second kappa shape index (κ2) is 5.92. The molecule has 2 aromatic rings. The van der Waals surface area contributed by atoms with Crippen LogP contribution in [0.1, 0.15) is 27.6 Å². The first kappa shape index (κ1) is 15.0. The van der Waals surface area contributed by atoms with Crippen LogP contribution in [0.15, 0.2) is 22.6 Å². The van der Waals surface area contributed by atoms with E-state index < -0.39 is 5.97 Å². The number of anilines is 1. The molecule has 0 bridgehead atoms. The standard InChI is InChI=1S/C14H14N2O4S/c1-8-4-5-10(20-8)6-7-11(17)16(3)13-12(14(18)19)9(2)15-21-13/h4-7H,1-3H3,(H,18,19). The molecule has 2 rings (SSSR count). The Labute approximate surface area is 125 Å². The van der Waals surface area contributed by atoms with E-state index in [0.29, 0.717) is 16.5 Å². The molecule has 21 heavy (non-hydrogen) atoms. The number of nitrogens with zero attached hydrogens (tertiary/aromatic N) is 2. The van der Waals surface area contributed by atoms with E-state index in [2.05, 4.69) is 4.37 Å². The summed E-state index contributed by atoms with van der Waals surface area (Å²) >= 11 is 0.984. The molecule has 110 valence electrons. The van der Waals surface area contributed by atoms with E-state index in [4.69, 9.17) is 4.42 Å². The van der Waals surface area contributed by atoms with Gasteiger partial charge < -0.3 is 14.4 Å². The summed E-state index contributed by atoms with van der Waals surface area (Å²) in [5, 5.41) is 9.48. The fourth-order valence-electron chi connectivity index (χ4n) is 1.74. The summed E-state index contributed by atoms with van der Waals surface area (Å²) in [7, 11) is 1.51. The van der Waals surface area contributed by atoms with Gasteiger partial charge in [0.1, 0.15) is 22.1 Å². The number of carbonyl (C=O) groups excluding carboxylic acids is 1. The summed E-state index contributed by atoms with van der Waals surface area (Å²) in [4.78, 5) is 24.6. The Balaban J connectivity index is 2.20. The molecular weight excluding hydrogens is 292 g/mol. The topological polar surface area (TPSA) is 83.6 Å². The van der Waals surface area contributed by atoms with Gasteiger partial charge in [0.05, 0.1) is 5.69 Å². The second-order valence-corrected chi connectivity index (χ2v) is 5.18. The predicted octanol–water partition coefficient (Wildman–Crippen LogP) is 2.73. The van der Waals surface area contributed by atoms with Gasteiger partial charge in [-0.2, -0.15) is 4.37 Å². The van der Waals surface area contributed by atoms with Crippen molar-refractivity contribution in [2.24, 2.45) is 0 Å². The van der Waals surface area contributed by atoms with E-state index in [1.54, 1.807) is 25.1 Å². The van der Waals surface area contributed by atoms with Crippen LogP contribution in [0.25, 0.3) is 6.08 Å². The number of likely N-dealkylation sites (N-methyl/N-ethyl adjacent to an activating group) is 1. The Hall–Kier alpha value is -2.41. The zero-order valence-corrected chi connectivity index (χ0v) is 12.6. The number of carbonyl (C=O) groups is 2. The SMILES string of the molecule is Cc1ccc(C=CC(=O)N(C)c2snc(C)c2C(=O)O)o1. The van der Waals surface area contributed by atoms with E-state index in [-0.39, 0.29) is 11.5 Å². The number of aromatic nitrogens is 1. The Bertz CT molecular complexity index is 714. The number of furan rings is 1. The van der Waals surface area contributed by atoms with Crippen LogP contribution >= 0.6 is 11.5 Å². The maximum atomic E-state index is 12.1. The van der Waals surface area contributed by atoms with Crippen LogP contribution in [-0.4, -0.2) is 28.4 Å². The third-order valence-corrected chi connectivity index (χ3v) is 3.86. The molecule has 0 saturated heterocycles. The summed E-state index contributed by atoms with van der Waals surface area (Å²) in [6, 6.07) is 3.54. The Morgan fingerprint density at radius 1 is 1.38 bits per heavy atom. The molecule has 2 heterocycles. The second-order valence-electron chi connectivity index (χ2n) is 4.43. The lowest BCUT2D eigenvalue weighted by Gasteiger charge is -2.13. The fraction of sp³-hybridized carbons (Fsp3) is 0.214. The van der Waals surface area contributed by atoms with Crippen LogP contribution in [0.4, 0.5) is 5.00 Å². The molecule has 0 atom stereocenters. The van der Waals surface area contributed by atoms with Gasteiger partial charge in [0.25, 0.3) is 5.91 Å². The van der Waals surface area contributed by atoms with Gasteiger partial charge in [0, 0.05) is 13.1 Å². The lowest BCUT2D eigenvalue weighted by molar-refractivity contribution is -0.113. The maximum Gasteiger partial charge on any atom is 0.340 e. The van der Waals surface area contributed by atoms with Gasteiger partial charge in [-0.05, 0) is 43.6 Å². The number of carboxylic acid groups (broad SMARTS) is 1. The molecule has 1 N–H and O–H groups in total. The average molecular weight is 306 g/mol. The number of amides is 1. The highest BCUT2D eigenvalue weighted by Gasteiger charge is 2.22. The van der Waals surface area contributed by atoms with Crippen LogP contribution in [0.3, 0.4) is 0 Å². The van der Waals surface area contributed by atoms with Crippen molar-refractivity contribution in [1.82, 2.24) is 4.37 Å². The van der Waals surface area contributed by atoms with Gasteiger partial charge in [0.2, 0.25) is 0 Å². The first-order valence-electron chi connectivity index (χ1n) is 6.12. The van der Waals surface area contributed by atoms with Gasteiger partial charge in [-0.15, -0.1) is 0 Å². The molecule has 0 fully saturated rings. The normalized spacial score (nSPS) is 11.0. The van der Waals surface area contributed by atoms with E-state index in [0.717, 1.165) is 17.3 Å². The van der Waals surface area contributed by atoms with Gasteiger partial charge in [-0.1, -0.05) is 0 Å². The highest BCUT2D eigenvalue weighted by molar-refractivity contribution is 7.11. The number of hydrogen-bond acceptors (Lipinski definition) is 5. The van der Waals surface area contributed by atoms with Crippen molar-refractivity contribution in [3.05, 3.63) is 41.0 Å². The van der Waals surface area contributed by atoms with E-state index in [9.17, 15) is 14.7 Å². The van der Waals surface area contributed by atoms with Crippen LogP contribution in [-0.2, 0) is 4.79 Å². The summed E-state index contributed by atoms with van der Waals surface area (Å²) in [5.74, 6) is -0.133. The van der Waals surface area contributed by atoms with Gasteiger partial charge in [-0.25, -0.2) is 4.79 Å². The molecule has 2 aromatic heterocycles. The largest absolute Gasteiger partial charge is 0.478 e. The van der Waals surface area contributed by atoms with E-state index in [1.165, 1.54) is 18.0 Å². The Kier molecular flexibility index (Phi) is 4.23. The Morgan fingerprint density at radius 2 is 2.10 bits per heavy atom. The minimum absolute atomic E-state index is 0.0538. The predicted molar refractivity (Wildman–Crippen MR) is 79.7 cm³/mol. The van der Waals surface area contributed by atoms with E-state index >= 15 is 0 Å². The van der Waals surface area contributed by atoms with Crippen LogP contribution in [0.2, 0.25) is 0 Å². The van der Waals surface area contributed by atoms with Crippen LogP contribution in [0, 0.1) is 13.8 Å². The molecule has 0 aromatic carbocycles. The third kappa shape index (κ3) is 3.19. The molecule has 0 aliphatic carbocycles. The number of aryl methyl sites for hydroxylation is 2. The molecule has 0 aliphatic heterocycles. The van der Waals surface area contributed by atoms with Crippen molar-refractivity contribution in [2.45, 2.75) is 13.8 Å². The first-order valence-corrected chi connectivity index (χ1v) is 6.89. The number of hydrogen-bond donors (Lipinski definition) is 1. The Morgan fingerprint density at radius 3 is 2.67 bits per heavy atom. The zero-order valence-electron chi connectivity index (χ0n) is 11.8. The van der Waals surface area contributed by atoms with E-state index in [1.807, 2.05) is 6.92 Å². The number of rotatable bonds is 4. The third-order valence-electron chi connectivity index (χ3n) is 2.85. The monoisotopic (exact) mass is 306 g/mol. The van der Waals surface area contributed by atoms with Crippen molar-refractivity contribution < 1.29 is 19.1 Å². The zero-order chi connectivity index (χ0) is 15.6.